The predicted octanol–water partition coefficient (Wildman–Crippen LogP) is 1.86. The zero-order chi connectivity index (χ0) is 7.42. The maximum absolute atomic E-state index is 2.49. The summed E-state index contributed by atoms with van der Waals surface area (Å²) in [6.07, 6.45) is 7.96. The maximum Gasteiger partial charge on any atom is 0.105 e. The van der Waals surface area contributed by atoms with E-state index in [4.69, 9.17) is 0 Å². The van der Waals surface area contributed by atoms with Crippen molar-refractivity contribution in [3.63, 3.8) is 0 Å². The van der Waals surface area contributed by atoms with Gasteiger partial charge in [0.25, 0.3) is 0 Å². The molecule has 5 fully saturated rings. The highest BCUT2D eigenvalue weighted by atomic mass is 14.5. The third kappa shape index (κ3) is 0.775. The first-order valence-electron chi connectivity index (χ1n) is 5.34. The van der Waals surface area contributed by atoms with Crippen molar-refractivity contribution in [1.29, 1.82) is 0 Å². The van der Waals surface area contributed by atoms with E-state index < -0.39 is 0 Å². The lowest BCUT2D eigenvalue weighted by molar-refractivity contribution is -0.0154. The summed E-state index contributed by atoms with van der Waals surface area (Å²) in [5.74, 6) is 5.72. The molecule has 11 heavy (non-hydrogen) atoms. The minimum Gasteiger partial charge on any atom is -0.0664 e. The normalized spacial score (nSPS) is 60.2. The van der Waals surface area contributed by atoms with Crippen LogP contribution in [-0.4, -0.2) is 7.85 Å². The van der Waals surface area contributed by atoms with E-state index in [1.54, 1.807) is 32.1 Å². The van der Waals surface area contributed by atoms with Crippen molar-refractivity contribution in [3.8, 4) is 0 Å². The summed E-state index contributed by atoms with van der Waals surface area (Å²) in [5, 5.41) is 0. The van der Waals surface area contributed by atoms with Gasteiger partial charge in [-0.1, -0.05) is 12.2 Å². The fraction of sp³-hybridized carbons (Fsp3) is 1.00. The molecule has 0 spiro atoms. The maximum atomic E-state index is 2.49. The second-order valence-corrected chi connectivity index (χ2v) is 5.21. The van der Waals surface area contributed by atoms with Crippen molar-refractivity contribution in [2.75, 3.05) is 0 Å². The highest BCUT2D eigenvalue weighted by molar-refractivity contribution is 6.12. The lowest BCUT2D eigenvalue weighted by atomic mass is 9.46. The zero-order valence-electron chi connectivity index (χ0n) is 7.42. The lowest BCUT2D eigenvalue weighted by Gasteiger charge is -2.55. The Morgan fingerprint density at radius 1 is 0.818 bits per heavy atom. The summed E-state index contributed by atoms with van der Waals surface area (Å²) in [6, 6.07) is 0. The van der Waals surface area contributed by atoms with E-state index in [0.29, 0.717) is 0 Å². The van der Waals surface area contributed by atoms with Crippen molar-refractivity contribution >= 4 is 7.85 Å². The van der Waals surface area contributed by atoms with Gasteiger partial charge < -0.3 is 0 Å². The Kier molecular flexibility index (Phi) is 1.23. The fourth-order valence-electron chi connectivity index (χ4n) is 4.24. The zero-order valence-corrected chi connectivity index (χ0v) is 7.42. The Morgan fingerprint density at radius 3 is 2.18 bits per heavy atom. The van der Waals surface area contributed by atoms with E-state index in [0.717, 1.165) is 23.6 Å². The second kappa shape index (κ2) is 2.05. The molecule has 5 unspecified atom stereocenters. The third-order valence-corrected chi connectivity index (χ3v) is 4.77. The third-order valence-electron chi connectivity index (χ3n) is 4.77. The van der Waals surface area contributed by atoms with Crippen LogP contribution in [0.4, 0.5) is 0 Å². The van der Waals surface area contributed by atoms with Gasteiger partial charge in [0.15, 0.2) is 0 Å². The van der Waals surface area contributed by atoms with Crippen molar-refractivity contribution in [1.82, 2.24) is 0 Å². The van der Waals surface area contributed by atoms with Crippen LogP contribution in [-0.2, 0) is 0 Å². The molecule has 5 aliphatic rings. The molecule has 0 heterocycles. The first-order chi connectivity index (χ1) is 5.34. The fourth-order valence-corrected chi connectivity index (χ4v) is 4.24. The SMILES string of the molecule is BC1CC2CC3CCC2CC13. The minimum atomic E-state index is 1.08. The molecule has 4 bridgehead atoms. The molecular weight excluding hydrogens is 131 g/mol. The highest BCUT2D eigenvalue weighted by Gasteiger charge is 2.48. The van der Waals surface area contributed by atoms with Crippen LogP contribution in [0.3, 0.4) is 0 Å². The average molecular weight is 148 g/mol. The minimum absolute atomic E-state index is 1.08. The Morgan fingerprint density at radius 2 is 1.64 bits per heavy atom. The summed E-state index contributed by atoms with van der Waals surface area (Å²) in [7, 11) is 2.49. The van der Waals surface area contributed by atoms with E-state index in [-0.39, 0.29) is 0 Å². The van der Waals surface area contributed by atoms with Crippen LogP contribution in [0.1, 0.15) is 32.1 Å². The van der Waals surface area contributed by atoms with Crippen LogP contribution in [0.25, 0.3) is 0 Å². The van der Waals surface area contributed by atoms with E-state index in [1.807, 2.05) is 0 Å². The van der Waals surface area contributed by atoms with Crippen LogP contribution < -0.4 is 0 Å². The topological polar surface area (TPSA) is 0 Å². The van der Waals surface area contributed by atoms with Crippen LogP contribution >= 0.6 is 0 Å². The number of hydrogen-bond acceptors (Lipinski definition) is 0. The van der Waals surface area contributed by atoms with Crippen molar-refractivity contribution < 1.29 is 0 Å². The van der Waals surface area contributed by atoms with Gasteiger partial charge in [-0.05, 0) is 49.4 Å². The molecule has 0 N–H and O–H groups in total. The molecule has 0 amide bonds. The Hall–Kier alpha value is 0.0649. The van der Waals surface area contributed by atoms with Gasteiger partial charge in [0.1, 0.15) is 7.85 Å². The molecule has 0 aliphatic heterocycles. The quantitative estimate of drug-likeness (QED) is 0.460. The van der Waals surface area contributed by atoms with Crippen molar-refractivity contribution in [2.24, 2.45) is 23.7 Å². The summed E-state index contributed by atoms with van der Waals surface area (Å²) in [5.41, 5.74) is 0. The largest absolute Gasteiger partial charge is 0.105 e. The highest BCUT2D eigenvalue weighted by Crippen LogP contribution is 2.59. The van der Waals surface area contributed by atoms with E-state index >= 15 is 0 Å². The summed E-state index contributed by atoms with van der Waals surface area (Å²) < 4.78 is 0. The molecule has 5 rings (SSSR count). The molecule has 0 nitrogen and oxygen atoms in total. The first-order valence-corrected chi connectivity index (χ1v) is 5.34. The van der Waals surface area contributed by atoms with Gasteiger partial charge in [-0.15, -0.1) is 0 Å². The molecule has 0 aromatic heterocycles. The standard InChI is InChI=1S/C10H17B/c11-10-5-8-3-7-2-1-6(8)4-9(7)10/h6-10H,1-5,11H2. The monoisotopic (exact) mass is 148 g/mol. The van der Waals surface area contributed by atoms with Gasteiger partial charge in [0.2, 0.25) is 0 Å². The van der Waals surface area contributed by atoms with Gasteiger partial charge in [-0.25, -0.2) is 0 Å². The van der Waals surface area contributed by atoms with Crippen molar-refractivity contribution in [3.05, 3.63) is 0 Å². The van der Waals surface area contributed by atoms with Crippen LogP contribution in [0.2, 0.25) is 5.82 Å². The molecular formula is C10H17B. The molecule has 60 valence electrons. The van der Waals surface area contributed by atoms with Gasteiger partial charge >= 0.3 is 0 Å². The molecule has 0 saturated heterocycles. The summed E-state index contributed by atoms with van der Waals surface area (Å²) in [6.45, 7) is 0. The Bertz CT molecular complexity index is 176. The summed E-state index contributed by atoms with van der Waals surface area (Å²) >= 11 is 0. The number of hydrogen-bond donors (Lipinski definition) is 0. The number of rotatable bonds is 0. The smallest absolute Gasteiger partial charge is 0.0664 e. The molecule has 5 saturated carbocycles. The molecule has 5 atom stereocenters. The Balaban J connectivity index is 1.93. The molecule has 5 aliphatic carbocycles. The van der Waals surface area contributed by atoms with Gasteiger partial charge in [0, 0.05) is 0 Å². The van der Waals surface area contributed by atoms with Crippen LogP contribution in [0, 0.1) is 23.7 Å². The Labute approximate surface area is 70.2 Å². The first kappa shape index (κ1) is 6.57. The molecule has 0 radical (unpaired) electrons. The lowest BCUT2D eigenvalue weighted by Crippen LogP contribution is -2.45. The van der Waals surface area contributed by atoms with Gasteiger partial charge in [-0.2, -0.15) is 0 Å². The van der Waals surface area contributed by atoms with Gasteiger partial charge in [-0.3, -0.25) is 0 Å². The number of fused-ring (bicyclic) bond motifs is 2. The van der Waals surface area contributed by atoms with E-state index in [2.05, 4.69) is 7.85 Å². The van der Waals surface area contributed by atoms with Crippen molar-refractivity contribution in [2.45, 2.75) is 37.9 Å². The second-order valence-electron chi connectivity index (χ2n) is 5.21. The van der Waals surface area contributed by atoms with Gasteiger partial charge in [0.05, 0.1) is 0 Å². The molecule has 1 heteroatoms. The van der Waals surface area contributed by atoms with E-state index in [1.165, 1.54) is 5.92 Å². The predicted molar refractivity (Wildman–Crippen MR) is 49.3 cm³/mol. The van der Waals surface area contributed by atoms with Crippen LogP contribution in [0.5, 0.6) is 0 Å². The molecule has 0 aromatic rings. The molecule has 0 aromatic carbocycles. The average Bonchev–Trinajstić information content (AvgIpc) is 2.05. The van der Waals surface area contributed by atoms with E-state index in [9.17, 15) is 0 Å². The summed E-state index contributed by atoms with van der Waals surface area (Å²) in [4.78, 5) is 0. The van der Waals surface area contributed by atoms with Crippen LogP contribution in [0.15, 0.2) is 0 Å².